The molecule has 0 aliphatic heterocycles. The maximum absolute atomic E-state index is 5.91. The highest BCUT2D eigenvalue weighted by Crippen LogP contribution is 2.28. The molecule has 1 fully saturated rings. The summed E-state index contributed by atoms with van der Waals surface area (Å²) in [5.41, 5.74) is 5.91. The van der Waals surface area contributed by atoms with Gasteiger partial charge < -0.3 is 5.73 Å². The molecule has 0 bridgehead atoms. The summed E-state index contributed by atoms with van der Waals surface area (Å²) in [5, 5.41) is 0. The van der Waals surface area contributed by atoms with Gasteiger partial charge in [0.1, 0.15) is 0 Å². The van der Waals surface area contributed by atoms with Crippen LogP contribution in [0.1, 0.15) is 46.0 Å². The molecule has 0 saturated heterocycles. The average molecular weight is 198 g/mol. The molecule has 14 heavy (non-hydrogen) atoms. The second-order valence-corrected chi connectivity index (χ2v) is 4.42. The van der Waals surface area contributed by atoms with Crippen LogP contribution in [0.25, 0.3) is 0 Å². The van der Waals surface area contributed by atoms with Gasteiger partial charge in [0.25, 0.3) is 0 Å². The van der Waals surface area contributed by atoms with E-state index in [2.05, 4.69) is 18.7 Å². The minimum Gasteiger partial charge on any atom is -0.329 e. The maximum atomic E-state index is 5.91. The molecule has 0 spiro atoms. The molecule has 84 valence electrons. The van der Waals surface area contributed by atoms with Crippen LogP contribution in [0.2, 0.25) is 0 Å². The van der Waals surface area contributed by atoms with Crippen molar-refractivity contribution >= 4 is 0 Å². The molecular weight excluding hydrogens is 172 g/mol. The maximum Gasteiger partial charge on any atom is 0.0246 e. The molecule has 1 aliphatic carbocycles. The van der Waals surface area contributed by atoms with E-state index in [1.54, 1.807) is 0 Å². The van der Waals surface area contributed by atoms with Crippen LogP contribution in [0.3, 0.4) is 0 Å². The molecule has 1 aliphatic rings. The minimum absolute atomic E-state index is 0.644. The number of nitrogens with two attached hydrogens (primary N) is 1. The summed E-state index contributed by atoms with van der Waals surface area (Å²) in [4.78, 5) is 2.54. The lowest BCUT2D eigenvalue weighted by atomic mass is 9.83. The molecular formula is C12H26N2. The number of rotatable bonds is 5. The topological polar surface area (TPSA) is 29.3 Å². The van der Waals surface area contributed by atoms with Crippen LogP contribution in [0.5, 0.6) is 0 Å². The Morgan fingerprint density at radius 1 is 1.14 bits per heavy atom. The van der Waals surface area contributed by atoms with E-state index in [4.69, 9.17) is 5.73 Å². The van der Waals surface area contributed by atoms with Crippen LogP contribution in [0, 0.1) is 5.92 Å². The Hall–Kier alpha value is -0.0800. The van der Waals surface area contributed by atoms with Crippen molar-refractivity contribution in [2.24, 2.45) is 11.7 Å². The molecule has 1 unspecified atom stereocenters. The SMILES string of the molecule is CCN(CC)C(CN)C1CCCCC1. The van der Waals surface area contributed by atoms with Crippen molar-refractivity contribution < 1.29 is 0 Å². The van der Waals surface area contributed by atoms with Crippen molar-refractivity contribution in [3.63, 3.8) is 0 Å². The second-order valence-electron chi connectivity index (χ2n) is 4.42. The van der Waals surface area contributed by atoms with Gasteiger partial charge in [-0.1, -0.05) is 33.1 Å². The molecule has 0 heterocycles. The minimum atomic E-state index is 0.644. The van der Waals surface area contributed by atoms with E-state index in [9.17, 15) is 0 Å². The molecule has 2 N–H and O–H groups in total. The zero-order chi connectivity index (χ0) is 10.4. The smallest absolute Gasteiger partial charge is 0.0246 e. The van der Waals surface area contributed by atoms with E-state index in [0.29, 0.717) is 6.04 Å². The molecule has 1 atom stereocenters. The summed E-state index contributed by atoms with van der Waals surface area (Å²) >= 11 is 0. The largest absolute Gasteiger partial charge is 0.329 e. The molecule has 0 aromatic rings. The summed E-state index contributed by atoms with van der Waals surface area (Å²) in [6.07, 6.45) is 7.08. The van der Waals surface area contributed by atoms with Gasteiger partial charge in [-0.2, -0.15) is 0 Å². The molecule has 0 amide bonds. The Morgan fingerprint density at radius 3 is 2.14 bits per heavy atom. The Balaban J connectivity index is 2.49. The Labute approximate surface area is 88.8 Å². The zero-order valence-electron chi connectivity index (χ0n) is 9.84. The molecule has 2 heteroatoms. The highest BCUT2D eigenvalue weighted by molar-refractivity contribution is 4.81. The quantitative estimate of drug-likeness (QED) is 0.734. The molecule has 1 saturated carbocycles. The highest BCUT2D eigenvalue weighted by Gasteiger charge is 2.25. The van der Waals surface area contributed by atoms with Gasteiger partial charge in [0, 0.05) is 12.6 Å². The lowest BCUT2D eigenvalue weighted by Gasteiger charge is -2.37. The molecule has 0 radical (unpaired) electrons. The number of hydrogen-bond donors (Lipinski definition) is 1. The van der Waals surface area contributed by atoms with Gasteiger partial charge in [0.05, 0.1) is 0 Å². The van der Waals surface area contributed by atoms with Crippen molar-refractivity contribution in [1.29, 1.82) is 0 Å². The third kappa shape index (κ3) is 2.96. The van der Waals surface area contributed by atoms with Crippen LogP contribution in [-0.4, -0.2) is 30.6 Å². The third-order valence-corrected chi connectivity index (χ3v) is 3.72. The fraction of sp³-hybridized carbons (Fsp3) is 1.00. The van der Waals surface area contributed by atoms with Crippen LogP contribution < -0.4 is 5.73 Å². The molecule has 2 nitrogen and oxygen atoms in total. The van der Waals surface area contributed by atoms with Gasteiger partial charge in [-0.15, -0.1) is 0 Å². The van der Waals surface area contributed by atoms with Gasteiger partial charge >= 0.3 is 0 Å². The van der Waals surface area contributed by atoms with E-state index in [-0.39, 0.29) is 0 Å². The van der Waals surface area contributed by atoms with Gasteiger partial charge in [-0.25, -0.2) is 0 Å². The molecule has 0 aromatic carbocycles. The van der Waals surface area contributed by atoms with Crippen LogP contribution in [0.4, 0.5) is 0 Å². The lowest BCUT2D eigenvalue weighted by Crippen LogP contribution is -2.46. The van der Waals surface area contributed by atoms with Crippen LogP contribution in [-0.2, 0) is 0 Å². The third-order valence-electron chi connectivity index (χ3n) is 3.72. The van der Waals surface area contributed by atoms with Crippen molar-refractivity contribution in [3.05, 3.63) is 0 Å². The van der Waals surface area contributed by atoms with E-state index in [1.165, 1.54) is 32.1 Å². The Bertz CT molecular complexity index is 137. The van der Waals surface area contributed by atoms with Crippen molar-refractivity contribution in [1.82, 2.24) is 4.90 Å². The van der Waals surface area contributed by atoms with Gasteiger partial charge in [-0.3, -0.25) is 4.90 Å². The second kappa shape index (κ2) is 6.41. The summed E-state index contributed by atoms with van der Waals surface area (Å²) in [6.45, 7) is 7.63. The summed E-state index contributed by atoms with van der Waals surface area (Å²) in [6, 6.07) is 0.644. The number of likely N-dealkylation sites (N-methyl/N-ethyl adjacent to an activating group) is 1. The highest BCUT2D eigenvalue weighted by atomic mass is 15.2. The van der Waals surface area contributed by atoms with Crippen molar-refractivity contribution in [3.8, 4) is 0 Å². The molecule has 0 aromatic heterocycles. The van der Waals surface area contributed by atoms with E-state index >= 15 is 0 Å². The van der Waals surface area contributed by atoms with Crippen LogP contribution >= 0.6 is 0 Å². The fourth-order valence-corrected chi connectivity index (χ4v) is 2.85. The fourth-order valence-electron chi connectivity index (χ4n) is 2.85. The summed E-state index contributed by atoms with van der Waals surface area (Å²) in [5.74, 6) is 0.869. The Morgan fingerprint density at radius 2 is 1.71 bits per heavy atom. The number of nitrogens with zero attached hydrogens (tertiary/aromatic N) is 1. The summed E-state index contributed by atoms with van der Waals surface area (Å²) in [7, 11) is 0. The predicted molar refractivity (Wildman–Crippen MR) is 62.3 cm³/mol. The van der Waals surface area contributed by atoms with E-state index < -0.39 is 0 Å². The monoisotopic (exact) mass is 198 g/mol. The first-order valence-electron chi connectivity index (χ1n) is 6.27. The predicted octanol–water partition coefficient (Wildman–Crippen LogP) is 2.24. The van der Waals surface area contributed by atoms with Gasteiger partial charge in [0.15, 0.2) is 0 Å². The zero-order valence-corrected chi connectivity index (χ0v) is 9.84. The lowest BCUT2D eigenvalue weighted by molar-refractivity contribution is 0.133. The van der Waals surface area contributed by atoms with E-state index in [1.807, 2.05) is 0 Å². The first-order valence-corrected chi connectivity index (χ1v) is 6.27. The first kappa shape index (κ1) is 12.0. The van der Waals surface area contributed by atoms with Crippen LogP contribution in [0.15, 0.2) is 0 Å². The van der Waals surface area contributed by atoms with Gasteiger partial charge in [0.2, 0.25) is 0 Å². The first-order chi connectivity index (χ1) is 6.83. The standard InChI is InChI=1S/C12H26N2/c1-3-14(4-2)12(10-13)11-8-6-5-7-9-11/h11-12H,3-10,13H2,1-2H3. The Kier molecular flexibility index (Phi) is 5.49. The average Bonchev–Trinajstić information content (AvgIpc) is 2.27. The van der Waals surface area contributed by atoms with Gasteiger partial charge in [-0.05, 0) is 31.8 Å². The van der Waals surface area contributed by atoms with E-state index in [0.717, 1.165) is 25.6 Å². The van der Waals surface area contributed by atoms with Crippen molar-refractivity contribution in [2.45, 2.75) is 52.0 Å². The normalized spacial score (nSPS) is 21.4. The molecule has 1 rings (SSSR count). The number of hydrogen-bond acceptors (Lipinski definition) is 2. The summed E-state index contributed by atoms with van der Waals surface area (Å²) < 4.78 is 0. The van der Waals surface area contributed by atoms with Crippen molar-refractivity contribution in [2.75, 3.05) is 19.6 Å².